The third-order valence-electron chi connectivity index (χ3n) is 6.60. The SMILES string of the molecule is COc1ccc2ncc(F)c(CCC34CCC(NC(=O)OC(C)(C)C)(CC3)C4)c2n1. The number of ether oxygens (including phenoxy) is 2. The quantitative estimate of drug-likeness (QED) is 0.749. The third-order valence-corrected chi connectivity index (χ3v) is 6.60. The van der Waals surface area contributed by atoms with Crippen molar-refractivity contribution in [3.8, 4) is 5.88 Å². The number of halogens is 1. The van der Waals surface area contributed by atoms with Gasteiger partial charge >= 0.3 is 6.09 Å². The summed E-state index contributed by atoms with van der Waals surface area (Å²) < 4.78 is 25.3. The second-order valence-electron chi connectivity index (χ2n) is 9.89. The van der Waals surface area contributed by atoms with Crippen LogP contribution in [0.4, 0.5) is 9.18 Å². The Hall–Kier alpha value is -2.44. The summed E-state index contributed by atoms with van der Waals surface area (Å²) in [7, 11) is 1.55. The minimum Gasteiger partial charge on any atom is -0.481 e. The monoisotopic (exact) mass is 415 g/mol. The summed E-state index contributed by atoms with van der Waals surface area (Å²) in [5.41, 5.74) is 1.25. The maximum atomic E-state index is 14.7. The second kappa shape index (κ2) is 7.36. The van der Waals surface area contributed by atoms with E-state index in [0.29, 0.717) is 28.9 Å². The lowest BCUT2D eigenvalue weighted by atomic mass is 9.79. The van der Waals surface area contributed by atoms with Crippen LogP contribution in [-0.2, 0) is 11.2 Å². The van der Waals surface area contributed by atoms with Crippen LogP contribution < -0.4 is 10.1 Å². The fourth-order valence-corrected chi connectivity index (χ4v) is 5.18. The van der Waals surface area contributed by atoms with Crippen LogP contribution in [-0.4, -0.2) is 34.3 Å². The van der Waals surface area contributed by atoms with Gasteiger partial charge in [0.1, 0.15) is 11.4 Å². The molecule has 1 amide bonds. The lowest BCUT2D eigenvalue weighted by Crippen LogP contribution is -2.47. The van der Waals surface area contributed by atoms with Crippen LogP contribution in [0.15, 0.2) is 18.3 Å². The van der Waals surface area contributed by atoms with Gasteiger partial charge in [-0.25, -0.2) is 14.2 Å². The third kappa shape index (κ3) is 4.07. The fraction of sp³-hybridized carbons (Fsp3) is 0.609. The molecule has 2 heterocycles. The molecule has 1 N–H and O–H groups in total. The molecule has 2 fully saturated rings. The number of nitrogens with one attached hydrogen (secondary N) is 1. The molecule has 2 aromatic rings. The highest BCUT2D eigenvalue weighted by Gasteiger charge is 2.54. The molecule has 0 aromatic carbocycles. The molecule has 2 aliphatic carbocycles. The molecule has 30 heavy (non-hydrogen) atoms. The minimum atomic E-state index is -0.511. The summed E-state index contributed by atoms with van der Waals surface area (Å²) >= 11 is 0. The molecule has 7 heteroatoms. The van der Waals surface area contributed by atoms with Crippen LogP contribution in [0.5, 0.6) is 5.88 Å². The number of methoxy groups -OCH3 is 1. The van der Waals surface area contributed by atoms with Crippen LogP contribution in [0, 0.1) is 11.2 Å². The van der Waals surface area contributed by atoms with Gasteiger partial charge in [0.2, 0.25) is 5.88 Å². The van der Waals surface area contributed by atoms with Gasteiger partial charge in [-0.2, -0.15) is 0 Å². The summed E-state index contributed by atoms with van der Waals surface area (Å²) in [6.45, 7) is 5.61. The van der Waals surface area contributed by atoms with E-state index in [-0.39, 0.29) is 22.9 Å². The van der Waals surface area contributed by atoms with Crippen LogP contribution in [0.3, 0.4) is 0 Å². The Morgan fingerprint density at radius 3 is 2.63 bits per heavy atom. The number of amides is 1. The highest BCUT2D eigenvalue weighted by molar-refractivity contribution is 5.78. The lowest BCUT2D eigenvalue weighted by Gasteiger charge is -2.30. The number of hydrogen-bond acceptors (Lipinski definition) is 5. The largest absolute Gasteiger partial charge is 0.481 e. The Balaban J connectivity index is 1.48. The lowest BCUT2D eigenvalue weighted by molar-refractivity contribution is 0.0458. The van der Waals surface area contributed by atoms with E-state index in [9.17, 15) is 9.18 Å². The molecule has 2 saturated carbocycles. The number of rotatable bonds is 5. The average molecular weight is 416 g/mol. The van der Waals surface area contributed by atoms with Crippen molar-refractivity contribution in [2.24, 2.45) is 5.41 Å². The summed E-state index contributed by atoms with van der Waals surface area (Å²) in [5, 5.41) is 3.15. The summed E-state index contributed by atoms with van der Waals surface area (Å²) in [6, 6.07) is 3.55. The van der Waals surface area contributed by atoms with Gasteiger partial charge in [0.15, 0.2) is 0 Å². The van der Waals surface area contributed by atoms with Crippen molar-refractivity contribution in [2.75, 3.05) is 7.11 Å². The first-order valence-electron chi connectivity index (χ1n) is 10.6. The normalized spacial score (nSPS) is 25.5. The molecule has 2 aliphatic rings. The molecule has 0 saturated heterocycles. The van der Waals surface area contributed by atoms with E-state index in [4.69, 9.17) is 9.47 Å². The number of carbonyl (C=O) groups excluding carboxylic acids is 1. The van der Waals surface area contributed by atoms with Gasteiger partial charge in [0.05, 0.1) is 24.3 Å². The predicted octanol–water partition coefficient (Wildman–Crippen LogP) is 4.94. The number of carbonyl (C=O) groups is 1. The summed E-state index contributed by atoms with van der Waals surface area (Å²) in [4.78, 5) is 20.9. The van der Waals surface area contributed by atoms with E-state index in [0.717, 1.165) is 38.5 Å². The number of pyridine rings is 2. The number of nitrogens with zero attached hydrogens (tertiary/aromatic N) is 2. The molecule has 0 aliphatic heterocycles. The van der Waals surface area contributed by atoms with Crippen molar-refractivity contribution in [2.45, 2.75) is 76.9 Å². The standard InChI is InChI=1S/C23H30FN3O3/c1-21(2,3)30-20(28)27-23-11-9-22(14-23,10-12-23)8-7-15-16(24)13-25-17-5-6-18(29-4)26-19(15)17/h5-6,13H,7-12,14H2,1-4H3,(H,27,28). The maximum absolute atomic E-state index is 14.7. The van der Waals surface area contributed by atoms with E-state index in [1.807, 2.05) is 26.8 Å². The van der Waals surface area contributed by atoms with Crippen molar-refractivity contribution in [3.05, 3.63) is 29.7 Å². The highest BCUT2D eigenvalue weighted by atomic mass is 19.1. The van der Waals surface area contributed by atoms with Crippen LogP contribution in [0.2, 0.25) is 0 Å². The number of alkyl carbamates (subject to hydrolysis) is 1. The van der Waals surface area contributed by atoms with Crippen molar-refractivity contribution in [1.29, 1.82) is 0 Å². The topological polar surface area (TPSA) is 73.3 Å². The Bertz CT molecular complexity index is 962. The average Bonchev–Trinajstić information content (AvgIpc) is 3.20. The van der Waals surface area contributed by atoms with Gasteiger partial charge in [-0.05, 0) is 77.2 Å². The van der Waals surface area contributed by atoms with E-state index >= 15 is 0 Å². The number of aryl methyl sites for hydroxylation is 1. The zero-order valence-electron chi connectivity index (χ0n) is 18.2. The first-order valence-corrected chi connectivity index (χ1v) is 10.6. The van der Waals surface area contributed by atoms with Crippen molar-refractivity contribution >= 4 is 17.1 Å². The van der Waals surface area contributed by atoms with E-state index < -0.39 is 5.60 Å². The zero-order chi connectivity index (χ0) is 21.6. The first kappa shape index (κ1) is 20.8. The molecule has 0 radical (unpaired) electrons. The van der Waals surface area contributed by atoms with Gasteiger partial charge in [0.25, 0.3) is 0 Å². The van der Waals surface area contributed by atoms with Gasteiger partial charge in [0, 0.05) is 17.2 Å². The molecular formula is C23H30FN3O3. The Labute approximate surface area is 176 Å². The van der Waals surface area contributed by atoms with E-state index in [1.54, 1.807) is 13.2 Å². The molecular weight excluding hydrogens is 385 g/mol. The van der Waals surface area contributed by atoms with Crippen LogP contribution >= 0.6 is 0 Å². The molecule has 2 bridgehead atoms. The molecule has 0 spiro atoms. The smallest absolute Gasteiger partial charge is 0.408 e. The molecule has 6 nitrogen and oxygen atoms in total. The number of aromatic nitrogens is 2. The first-order chi connectivity index (χ1) is 14.1. The van der Waals surface area contributed by atoms with E-state index in [1.165, 1.54) is 6.20 Å². The zero-order valence-corrected chi connectivity index (χ0v) is 18.2. The van der Waals surface area contributed by atoms with Crippen molar-refractivity contribution in [3.63, 3.8) is 0 Å². The van der Waals surface area contributed by atoms with Crippen LogP contribution in [0.1, 0.15) is 64.9 Å². The number of hydrogen-bond donors (Lipinski definition) is 1. The second-order valence-corrected chi connectivity index (χ2v) is 9.89. The molecule has 0 unspecified atom stereocenters. The summed E-state index contributed by atoms with van der Waals surface area (Å²) in [5.74, 6) is 0.130. The predicted molar refractivity (Wildman–Crippen MR) is 112 cm³/mol. The molecule has 2 aromatic heterocycles. The maximum Gasteiger partial charge on any atom is 0.408 e. The summed E-state index contributed by atoms with van der Waals surface area (Å²) in [6.07, 6.45) is 7.25. The van der Waals surface area contributed by atoms with Gasteiger partial charge < -0.3 is 14.8 Å². The minimum absolute atomic E-state index is 0.121. The van der Waals surface area contributed by atoms with Gasteiger partial charge in [-0.15, -0.1) is 0 Å². The van der Waals surface area contributed by atoms with Gasteiger partial charge in [-0.3, -0.25) is 4.98 Å². The van der Waals surface area contributed by atoms with E-state index in [2.05, 4.69) is 15.3 Å². The van der Waals surface area contributed by atoms with Gasteiger partial charge in [-0.1, -0.05) is 0 Å². The van der Waals surface area contributed by atoms with Crippen molar-refractivity contribution < 1.29 is 18.7 Å². The number of fused-ring (bicyclic) bond motifs is 3. The molecule has 0 atom stereocenters. The van der Waals surface area contributed by atoms with Crippen molar-refractivity contribution in [1.82, 2.24) is 15.3 Å². The Morgan fingerprint density at radius 2 is 1.97 bits per heavy atom. The Kier molecular flexibility index (Phi) is 5.11. The highest BCUT2D eigenvalue weighted by Crippen LogP contribution is 2.58. The molecule has 4 rings (SSSR count). The molecule has 162 valence electrons. The van der Waals surface area contributed by atoms with Crippen LogP contribution in [0.25, 0.3) is 11.0 Å². The Morgan fingerprint density at radius 1 is 1.23 bits per heavy atom. The fourth-order valence-electron chi connectivity index (χ4n) is 5.18.